The van der Waals surface area contributed by atoms with Gasteiger partial charge in [-0.15, -0.1) is 0 Å². The summed E-state index contributed by atoms with van der Waals surface area (Å²) in [5.74, 6) is -2.75. The van der Waals surface area contributed by atoms with Crippen LogP contribution in [0.5, 0.6) is 11.5 Å². The Morgan fingerprint density at radius 3 is 2.57 bits per heavy atom. The normalized spacial score (nSPS) is 11.5. The van der Waals surface area contributed by atoms with Crippen molar-refractivity contribution < 1.29 is 27.8 Å². The van der Waals surface area contributed by atoms with E-state index in [0.717, 1.165) is 33.5 Å². The Balaban J connectivity index is 2.11. The molecule has 0 radical (unpaired) electrons. The number of alkyl halides is 3. The lowest BCUT2D eigenvalue weighted by atomic mass is 10.2. The average Bonchev–Trinajstić information content (AvgIpc) is 2.95. The van der Waals surface area contributed by atoms with Crippen LogP contribution in [0.15, 0.2) is 40.1 Å². The highest BCUT2D eigenvalue weighted by atomic mass is 35.5. The molecule has 30 heavy (non-hydrogen) atoms. The Labute approximate surface area is 169 Å². The number of nitrogens with zero attached hydrogens (tertiary/aromatic N) is 3. The Bertz CT molecular complexity index is 1250. The van der Waals surface area contributed by atoms with Crippen molar-refractivity contribution in [3.8, 4) is 11.5 Å². The summed E-state index contributed by atoms with van der Waals surface area (Å²) in [6.45, 7) is -0.321. The summed E-state index contributed by atoms with van der Waals surface area (Å²) in [7, 11) is 1.37. The lowest BCUT2D eigenvalue weighted by Crippen LogP contribution is -2.26. The van der Waals surface area contributed by atoms with E-state index in [4.69, 9.17) is 21.4 Å². The Morgan fingerprint density at radius 1 is 1.30 bits per heavy atom. The highest BCUT2D eigenvalue weighted by Gasteiger charge is 2.36. The molecular weight excluding hydrogens is 433 g/mol. The van der Waals surface area contributed by atoms with Gasteiger partial charge in [-0.05, 0) is 24.3 Å². The van der Waals surface area contributed by atoms with Crippen LogP contribution in [0.3, 0.4) is 0 Å². The summed E-state index contributed by atoms with van der Waals surface area (Å²) >= 11 is 5.80. The van der Waals surface area contributed by atoms with Crippen molar-refractivity contribution in [1.82, 2.24) is 19.3 Å². The van der Waals surface area contributed by atoms with Gasteiger partial charge in [-0.3, -0.25) is 9.36 Å². The number of aromatic amines is 1. The summed E-state index contributed by atoms with van der Waals surface area (Å²) in [6, 6.07) is 3.71. The fraction of sp³-hybridized carbons (Fsp3) is 0.176. The fourth-order valence-electron chi connectivity index (χ4n) is 2.54. The van der Waals surface area contributed by atoms with Gasteiger partial charge in [0.25, 0.3) is 5.56 Å². The van der Waals surface area contributed by atoms with Gasteiger partial charge in [-0.2, -0.15) is 18.3 Å². The van der Waals surface area contributed by atoms with Crippen molar-refractivity contribution in [2.24, 2.45) is 7.05 Å². The third-order valence-corrected chi connectivity index (χ3v) is 4.27. The summed E-state index contributed by atoms with van der Waals surface area (Å²) in [5, 5.41) is 14.8. The maximum atomic E-state index is 13.4. The second-order valence-electron chi connectivity index (χ2n) is 6.08. The molecule has 3 aromatic rings. The van der Waals surface area contributed by atoms with Crippen LogP contribution in [-0.4, -0.2) is 30.4 Å². The van der Waals surface area contributed by atoms with Crippen molar-refractivity contribution in [3.05, 3.63) is 73.3 Å². The van der Waals surface area contributed by atoms with E-state index in [1.807, 2.05) is 0 Å². The van der Waals surface area contributed by atoms with E-state index in [-0.39, 0.29) is 28.7 Å². The molecule has 0 saturated heterocycles. The van der Waals surface area contributed by atoms with Crippen LogP contribution < -0.4 is 16.0 Å². The number of pyridine rings is 1. The van der Waals surface area contributed by atoms with Crippen molar-refractivity contribution >= 4 is 17.6 Å². The van der Waals surface area contributed by atoms with Gasteiger partial charge in [0.2, 0.25) is 5.75 Å². The molecular formula is C17H12ClF3N4O5. The number of hydrogen-bond donors (Lipinski definition) is 2. The minimum atomic E-state index is -4.93. The maximum absolute atomic E-state index is 13.4. The molecule has 2 aromatic heterocycles. The molecule has 2 N–H and O–H groups in total. The highest BCUT2D eigenvalue weighted by molar-refractivity contribution is 6.31. The first-order valence-electron chi connectivity index (χ1n) is 8.10. The second-order valence-corrected chi connectivity index (χ2v) is 6.51. The monoisotopic (exact) mass is 444 g/mol. The van der Waals surface area contributed by atoms with Gasteiger partial charge in [-0.1, -0.05) is 11.6 Å². The minimum Gasteiger partial charge on any atom is -0.478 e. The minimum absolute atomic E-state index is 0.0868. The second kappa shape index (κ2) is 7.71. The molecule has 0 amide bonds. The maximum Gasteiger partial charge on any atom is 0.420 e. The molecule has 0 fully saturated rings. The molecule has 0 spiro atoms. The fourth-order valence-corrected chi connectivity index (χ4v) is 2.76. The van der Waals surface area contributed by atoms with Crippen LogP contribution in [0.1, 0.15) is 21.7 Å². The first-order valence-corrected chi connectivity index (χ1v) is 8.48. The molecule has 0 atom stereocenters. The first-order chi connectivity index (χ1) is 14.0. The number of carbonyl (C=O) groups is 1. The van der Waals surface area contributed by atoms with Gasteiger partial charge in [0.05, 0.1) is 12.1 Å². The number of carboxylic acids is 1. The van der Waals surface area contributed by atoms with Crippen LogP contribution in [-0.2, 0) is 19.8 Å². The zero-order chi connectivity index (χ0) is 22.2. The van der Waals surface area contributed by atoms with Gasteiger partial charge in [0.1, 0.15) is 11.3 Å². The summed E-state index contributed by atoms with van der Waals surface area (Å²) in [6.07, 6.45) is -4.04. The van der Waals surface area contributed by atoms with E-state index in [1.54, 1.807) is 0 Å². The van der Waals surface area contributed by atoms with Gasteiger partial charge < -0.3 is 14.4 Å². The number of hydrogen-bond acceptors (Lipinski definition) is 5. The largest absolute Gasteiger partial charge is 0.478 e. The van der Waals surface area contributed by atoms with Gasteiger partial charge in [0.15, 0.2) is 5.82 Å². The predicted molar refractivity (Wildman–Crippen MR) is 97.1 cm³/mol. The standard InChI is InChI=1S/C17H12ClF3N4O5/c1-24-12(22-23-16(24)29)7-25-3-2-11(17(19,20)21)13(14(25)26)30-10-5-8(15(27)28)4-9(18)6-10/h2-6H,7H2,1H3,(H,23,29)(H,27,28). The number of halogens is 4. The molecule has 0 saturated carbocycles. The number of rotatable bonds is 5. The molecule has 9 nitrogen and oxygen atoms in total. The smallest absolute Gasteiger partial charge is 0.420 e. The predicted octanol–water partition coefficient (Wildman–Crippen LogP) is 2.48. The molecule has 0 aliphatic carbocycles. The lowest BCUT2D eigenvalue weighted by Gasteiger charge is -2.15. The topological polar surface area (TPSA) is 119 Å². The van der Waals surface area contributed by atoms with Crippen LogP contribution in [0.4, 0.5) is 13.2 Å². The number of aromatic carboxylic acids is 1. The lowest BCUT2D eigenvalue weighted by molar-refractivity contribution is -0.138. The van der Waals surface area contributed by atoms with E-state index in [9.17, 15) is 27.6 Å². The van der Waals surface area contributed by atoms with E-state index >= 15 is 0 Å². The molecule has 0 aliphatic rings. The molecule has 0 bridgehead atoms. The Hall–Kier alpha value is -3.54. The van der Waals surface area contributed by atoms with E-state index in [2.05, 4.69) is 10.2 Å². The average molecular weight is 445 g/mol. The number of nitrogens with one attached hydrogen (secondary N) is 1. The number of benzene rings is 1. The Morgan fingerprint density at radius 2 is 2.00 bits per heavy atom. The quantitative estimate of drug-likeness (QED) is 0.624. The van der Waals surface area contributed by atoms with Gasteiger partial charge in [0, 0.05) is 18.3 Å². The number of H-pyrrole nitrogens is 1. The zero-order valence-corrected chi connectivity index (χ0v) is 15.8. The van der Waals surface area contributed by atoms with E-state index in [0.29, 0.717) is 6.07 Å². The molecule has 13 heteroatoms. The van der Waals surface area contributed by atoms with Crippen molar-refractivity contribution in [2.45, 2.75) is 12.7 Å². The summed E-state index contributed by atoms with van der Waals surface area (Å²) < 4.78 is 47.4. The zero-order valence-electron chi connectivity index (χ0n) is 15.0. The third kappa shape index (κ3) is 4.22. The van der Waals surface area contributed by atoms with Crippen LogP contribution in [0.2, 0.25) is 5.02 Å². The third-order valence-electron chi connectivity index (χ3n) is 4.05. The number of ether oxygens (including phenoxy) is 1. The van der Waals surface area contributed by atoms with Crippen molar-refractivity contribution in [1.29, 1.82) is 0 Å². The molecule has 0 unspecified atom stereocenters. The SMILES string of the molecule is Cn1c(Cn2ccc(C(F)(F)F)c(Oc3cc(Cl)cc(C(=O)O)c3)c2=O)n[nH]c1=O. The summed E-state index contributed by atoms with van der Waals surface area (Å²) in [5.41, 5.74) is -3.44. The number of carboxylic acid groups (broad SMARTS) is 1. The van der Waals surface area contributed by atoms with Crippen LogP contribution in [0, 0.1) is 0 Å². The molecule has 3 rings (SSSR count). The van der Waals surface area contributed by atoms with E-state index in [1.165, 1.54) is 7.05 Å². The van der Waals surface area contributed by atoms with Crippen molar-refractivity contribution in [2.75, 3.05) is 0 Å². The van der Waals surface area contributed by atoms with Crippen LogP contribution >= 0.6 is 11.6 Å². The number of aromatic nitrogens is 4. The molecule has 158 valence electrons. The van der Waals surface area contributed by atoms with E-state index < -0.39 is 34.7 Å². The highest BCUT2D eigenvalue weighted by Crippen LogP contribution is 2.36. The van der Waals surface area contributed by atoms with Gasteiger partial charge >= 0.3 is 17.8 Å². The van der Waals surface area contributed by atoms with Crippen molar-refractivity contribution in [3.63, 3.8) is 0 Å². The molecule has 1 aromatic carbocycles. The first kappa shape index (κ1) is 21.2. The molecule has 2 heterocycles. The van der Waals surface area contributed by atoms with Gasteiger partial charge in [-0.25, -0.2) is 14.7 Å². The molecule has 0 aliphatic heterocycles. The Kier molecular flexibility index (Phi) is 5.44. The summed E-state index contributed by atoms with van der Waals surface area (Å²) in [4.78, 5) is 35.3. The van der Waals surface area contributed by atoms with Crippen LogP contribution in [0.25, 0.3) is 0 Å².